The molecule has 2 amide bonds. The Balaban J connectivity index is 1.06. The zero-order valence-electron chi connectivity index (χ0n) is 23.6. The van der Waals surface area contributed by atoms with Gasteiger partial charge in [-0.25, -0.2) is 4.79 Å². The zero-order valence-corrected chi connectivity index (χ0v) is 23.6. The van der Waals surface area contributed by atoms with Crippen LogP contribution >= 0.6 is 0 Å². The Morgan fingerprint density at radius 3 is 2.24 bits per heavy atom. The zero-order chi connectivity index (χ0) is 29.1. The van der Waals surface area contributed by atoms with Gasteiger partial charge in [-0.1, -0.05) is 78.9 Å². The van der Waals surface area contributed by atoms with Gasteiger partial charge in [-0.15, -0.1) is 0 Å². The van der Waals surface area contributed by atoms with Crippen LogP contribution in [0.15, 0.2) is 78.9 Å². The molecule has 1 heterocycles. The summed E-state index contributed by atoms with van der Waals surface area (Å²) in [4.78, 5) is 40.1. The van der Waals surface area contributed by atoms with Gasteiger partial charge >= 0.3 is 12.1 Å². The van der Waals surface area contributed by atoms with Crippen LogP contribution in [0.5, 0.6) is 0 Å². The van der Waals surface area contributed by atoms with E-state index in [0.29, 0.717) is 11.8 Å². The second-order valence-electron chi connectivity index (χ2n) is 11.8. The Bertz CT molecular complexity index is 1400. The van der Waals surface area contributed by atoms with Crippen molar-refractivity contribution in [3.63, 3.8) is 0 Å². The van der Waals surface area contributed by atoms with Crippen LogP contribution in [0.4, 0.5) is 4.79 Å². The lowest BCUT2D eigenvalue weighted by atomic mass is 9.97. The van der Waals surface area contributed by atoms with Crippen LogP contribution in [0, 0.1) is 11.8 Å². The predicted octanol–water partition coefficient (Wildman–Crippen LogP) is 4.79. The van der Waals surface area contributed by atoms with Gasteiger partial charge in [0.05, 0.1) is 0 Å². The largest absolute Gasteiger partial charge is 0.481 e. The van der Waals surface area contributed by atoms with E-state index in [1.807, 2.05) is 42.5 Å². The lowest BCUT2D eigenvalue weighted by molar-refractivity contribution is -0.137. The summed E-state index contributed by atoms with van der Waals surface area (Å²) in [7, 11) is 0. The fourth-order valence-electron chi connectivity index (χ4n) is 7.11. The molecule has 2 fully saturated rings. The molecule has 0 radical (unpaired) electrons. The number of fused-ring (bicyclic) bond motifs is 4. The fourth-order valence-corrected chi connectivity index (χ4v) is 7.11. The summed E-state index contributed by atoms with van der Waals surface area (Å²) in [5, 5.41) is 15.1. The van der Waals surface area contributed by atoms with Crippen molar-refractivity contribution in [1.29, 1.82) is 0 Å². The number of carbonyl (C=O) groups excluding carboxylic acids is 2. The Morgan fingerprint density at radius 1 is 0.881 bits per heavy atom. The molecule has 4 atom stereocenters. The van der Waals surface area contributed by atoms with E-state index in [9.17, 15) is 19.5 Å². The number of amides is 2. The molecular weight excluding hydrogens is 530 g/mol. The number of nitrogens with one attached hydrogen (secondary N) is 2. The monoisotopic (exact) mass is 567 g/mol. The minimum atomic E-state index is -1.02. The summed E-state index contributed by atoms with van der Waals surface area (Å²) >= 11 is 0. The Kier molecular flexibility index (Phi) is 8.24. The first-order valence-electron chi connectivity index (χ1n) is 14.9. The van der Waals surface area contributed by atoms with E-state index in [2.05, 4.69) is 51.9 Å². The van der Waals surface area contributed by atoms with Crippen molar-refractivity contribution in [1.82, 2.24) is 15.5 Å². The molecule has 3 N–H and O–H groups in total. The maximum atomic E-state index is 13.4. The highest BCUT2D eigenvalue weighted by Gasteiger charge is 2.43. The first-order valence-corrected chi connectivity index (χ1v) is 14.9. The lowest BCUT2D eigenvalue weighted by Gasteiger charge is -2.25. The average Bonchev–Trinajstić information content (AvgIpc) is 3.66. The molecule has 8 nitrogen and oxygen atoms in total. The quantitative estimate of drug-likeness (QED) is 0.325. The molecule has 4 unspecified atom stereocenters. The van der Waals surface area contributed by atoms with E-state index < -0.39 is 18.1 Å². The number of aliphatic carboxylic acids is 1. The molecule has 218 valence electrons. The molecule has 3 aromatic carbocycles. The summed E-state index contributed by atoms with van der Waals surface area (Å²) in [6.45, 7) is 2.92. The van der Waals surface area contributed by atoms with Gasteiger partial charge in [-0.05, 0) is 58.9 Å². The number of likely N-dealkylation sites (tertiary alicyclic amines) is 1. The molecule has 3 aliphatic rings. The third kappa shape index (κ3) is 6.04. The van der Waals surface area contributed by atoms with Crippen LogP contribution in [-0.4, -0.2) is 59.8 Å². The van der Waals surface area contributed by atoms with Gasteiger partial charge in [0.15, 0.2) is 0 Å². The molecule has 3 aromatic rings. The molecule has 8 heteroatoms. The lowest BCUT2D eigenvalue weighted by Crippen LogP contribution is -2.51. The van der Waals surface area contributed by atoms with Gasteiger partial charge < -0.3 is 20.5 Å². The number of hydrogen-bond acceptors (Lipinski definition) is 5. The molecule has 6 rings (SSSR count). The van der Waals surface area contributed by atoms with Crippen LogP contribution in [0.1, 0.15) is 48.3 Å². The topological polar surface area (TPSA) is 108 Å². The molecule has 1 aliphatic heterocycles. The van der Waals surface area contributed by atoms with E-state index in [4.69, 9.17) is 4.74 Å². The minimum absolute atomic E-state index is 0.0000797. The molecule has 2 aliphatic carbocycles. The van der Waals surface area contributed by atoms with Crippen molar-refractivity contribution >= 4 is 18.0 Å². The Hall–Kier alpha value is -4.17. The van der Waals surface area contributed by atoms with Crippen molar-refractivity contribution in [3.05, 3.63) is 95.6 Å². The smallest absolute Gasteiger partial charge is 0.407 e. The van der Waals surface area contributed by atoms with Crippen LogP contribution < -0.4 is 10.6 Å². The van der Waals surface area contributed by atoms with E-state index in [1.54, 1.807) is 0 Å². The normalized spacial score (nSPS) is 21.7. The van der Waals surface area contributed by atoms with Gasteiger partial charge in [0, 0.05) is 38.0 Å². The summed E-state index contributed by atoms with van der Waals surface area (Å²) in [5.41, 5.74) is 5.73. The highest BCUT2D eigenvalue weighted by Crippen LogP contribution is 2.44. The molecule has 1 saturated carbocycles. The Morgan fingerprint density at radius 2 is 1.55 bits per heavy atom. The fraction of sp³-hybridized carbons (Fsp3) is 0.382. The second kappa shape index (κ2) is 12.4. The highest BCUT2D eigenvalue weighted by molar-refractivity contribution is 5.86. The van der Waals surface area contributed by atoms with Crippen LogP contribution in [-0.2, 0) is 20.9 Å². The number of ether oxygens (including phenoxy) is 1. The number of hydrogen-bond donors (Lipinski definition) is 3. The van der Waals surface area contributed by atoms with Crippen molar-refractivity contribution in [2.45, 2.75) is 50.2 Å². The maximum Gasteiger partial charge on any atom is 0.407 e. The van der Waals surface area contributed by atoms with Crippen LogP contribution in [0.3, 0.4) is 0 Å². The third-order valence-electron chi connectivity index (χ3n) is 9.11. The van der Waals surface area contributed by atoms with Crippen molar-refractivity contribution in [2.75, 3.05) is 19.7 Å². The van der Waals surface area contributed by atoms with Gasteiger partial charge in [0.1, 0.15) is 12.6 Å². The highest BCUT2D eigenvalue weighted by atomic mass is 16.5. The SMILES string of the molecule is O=C(O)CCC(NC(=O)OCC1c2ccccc2-c2ccccc21)C(=O)NC1CCC2CN(Cc3ccccc3)CC21. The third-order valence-corrected chi connectivity index (χ3v) is 9.11. The van der Waals surface area contributed by atoms with Crippen LogP contribution in [0.2, 0.25) is 0 Å². The van der Waals surface area contributed by atoms with Crippen molar-refractivity contribution in [3.8, 4) is 11.1 Å². The number of rotatable bonds is 10. The first kappa shape index (κ1) is 28.0. The van der Waals surface area contributed by atoms with E-state index in [1.165, 1.54) is 5.56 Å². The summed E-state index contributed by atoms with van der Waals surface area (Å²) in [6, 6.07) is 25.6. The van der Waals surface area contributed by atoms with Gasteiger partial charge in [0.2, 0.25) is 5.91 Å². The maximum absolute atomic E-state index is 13.4. The number of carboxylic acid groups (broad SMARTS) is 1. The first-order chi connectivity index (χ1) is 20.5. The predicted molar refractivity (Wildman–Crippen MR) is 159 cm³/mol. The van der Waals surface area contributed by atoms with E-state index in [-0.39, 0.29) is 37.3 Å². The number of carboxylic acids is 1. The number of carbonyl (C=O) groups is 3. The molecule has 0 aromatic heterocycles. The molecule has 0 spiro atoms. The van der Waals surface area contributed by atoms with Crippen LogP contribution in [0.25, 0.3) is 11.1 Å². The van der Waals surface area contributed by atoms with Gasteiger partial charge in [-0.2, -0.15) is 0 Å². The molecule has 0 bridgehead atoms. The van der Waals surface area contributed by atoms with E-state index in [0.717, 1.165) is 54.7 Å². The van der Waals surface area contributed by atoms with Crippen molar-refractivity contribution in [2.24, 2.45) is 11.8 Å². The molecular formula is C34H37N3O5. The van der Waals surface area contributed by atoms with Crippen molar-refractivity contribution < 1.29 is 24.2 Å². The Labute approximate surface area is 246 Å². The van der Waals surface area contributed by atoms with Gasteiger partial charge in [-0.3, -0.25) is 14.5 Å². The standard InChI is InChI=1S/C34H37N3O5/c38-32(39)17-16-31(33(40)35-30-15-14-23-19-37(20-28(23)30)18-22-8-2-1-3-9-22)36-34(41)42-21-29-26-12-6-4-10-24(26)25-11-5-7-13-27(25)29/h1-13,23,28-31H,14-21H2,(H,35,40)(H,36,41)(H,38,39). The average molecular weight is 568 g/mol. The number of nitrogens with zero attached hydrogens (tertiary/aromatic N) is 1. The minimum Gasteiger partial charge on any atom is -0.481 e. The van der Waals surface area contributed by atoms with E-state index >= 15 is 0 Å². The number of benzene rings is 3. The van der Waals surface area contributed by atoms with Gasteiger partial charge in [0.25, 0.3) is 0 Å². The summed E-state index contributed by atoms with van der Waals surface area (Å²) in [5.74, 6) is -0.614. The molecule has 42 heavy (non-hydrogen) atoms. The number of alkyl carbamates (subject to hydrolysis) is 1. The molecule has 1 saturated heterocycles. The summed E-state index contributed by atoms with van der Waals surface area (Å²) in [6.07, 6.45) is 0.967. The second-order valence-corrected chi connectivity index (χ2v) is 11.8. The summed E-state index contributed by atoms with van der Waals surface area (Å²) < 4.78 is 5.65.